The lowest BCUT2D eigenvalue weighted by Crippen LogP contribution is -2.34. The fourth-order valence-electron chi connectivity index (χ4n) is 2.93. The van der Waals surface area contributed by atoms with Crippen molar-refractivity contribution in [3.05, 3.63) is 58.6 Å². The largest absolute Gasteiger partial charge is 0.497 e. The van der Waals surface area contributed by atoms with Crippen molar-refractivity contribution in [1.82, 2.24) is 5.32 Å². The first-order valence-electron chi connectivity index (χ1n) is 7.65. The van der Waals surface area contributed by atoms with E-state index in [1.54, 1.807) is 7.11 Å². The first kappa shape index (κ1) is 16.1. The topological polar surface area (TPSA) is 33.3 Å². The molecule has 0 spiro atoms. The second-order valence-electron chi connectivity index (χ2n) is 5.61. The minimum atomic E-state index is 0.233. The Hall–Kier alpha value is -1.78. The molecule has 0 amide bonds. The van der Waals surface area contributed by atoms with E-state index in [1.807, 2.05) is 30.3 Å². The number of thiocarbonyl (C=S) groups is 1. The molecule has 0 saturated carbocycles. The summed E-state index contributed by atoms with van der Waals surface area (Å²) in [6.07, 6.45) is 3.30. The van der Waals surface area contributed by atoms with Crippen molar-refractivity contribution < 1.29 is 4.74 Å². The molecule has 2 N–H and O–H groups in total. The van der Waals surface area contributed by atoms with Crippen LogP contribution in [-0.4, -0.2) is 12.2 Å². The van der Waals surface area contributed by atoms with Crippen LogP contribution < -0.4 is 15.4 Å². The number of aryl methyl sites for hydroxylation is 1. The van der Waals surface area contributed by atoms with Gasteiger partial charge in [0.05, 0.1) is 13.2 Å². The van der Waals surface area contributed by atoms with Crippen LogP contribution in [0, 0.1) is 0 Å². The van der Waals surface area contributed by atoms with Gasteiger partial charge in [-0.2, -0.15) is 0 Å². The highest BCUT2D eigenvalue weighted by molar-refractivity contribution is 7.80. The zero-order valence-electron chi connectivity index (χ0n) is 12.9. The predicted molar refractivity (Wildman–Crippen MR) is 99.5 cm³/mol. The smallest absolute Gasteiger partial charge is 0.171 e. The highest BCUT2D eigenvalue weighted by atomic mass is 35.5. The van der Waals surface area contributed by atoms with Crippen molar-refractivity contribution in [2.24, 2.45) is 0 Å². The van der Waals surface area contributed by atoms with Gasteiger partial charge in [-0.25, -0.2) is 0 Å². The molecule has 3 nitrogen and oxygen atoms in total. The molecule has 23 heavy (non-hydrogen) atoms. The molecule has 2 aromatic rings. The maximum Gasteiger partial charge on any atom is 0.171 e. The van der Waals surface area contributed by atoms with E-state index in [2.05, 4.69) is 22.8 Å². The number of anilines is 1. The van der Waals surface area contributed by atoms with E-state index in [4.69, 9.17) is 28.6 Å². The van der Waals surface area contributed by atoms with Gasteiger partial charge in [-0.05, 0) is 79.0 Å². The van der Waals surface area contributed by atoms with Crippen LogP contribution in [0.3, 0.4) is 0 Å². The third kappa shape index (κ3) is 3.95. The van der Waals surface area contributed by atoms with Crippen LogP contribution in [0.2, 0.25) is 5.02 Å². The minimum absolute atomic E-state index is 0.233. The lowest BCUT2D eigenvalue weighted by molar-refractivity contribution is 0.412. The molecule has 1 aliphatic rings. The third-order valence-electron chi connectivity index (χ3n) is 4.07. The molecule has 0 radical (unpaired) electrons. The number of hydrogen-bond donors (Lipinski definition) is 2. The van der Waals surface area contributed by atoms with E-state index < -0.39 is 0 Å². The molecule has 0 aromatic heterocycles. The summed E-state index contributed by atoms with van der Waals surface area (Å²) in [5.41, 5.74) is 3.57. The summed E-state index contributed by atoms with van der Waals surface area (Å²) in [6, 6.07) is 14.0. The highest BCUT2D eigenvalue weighted by Gasteiger charge is 2.21. The predicted octanol–water partition coefficient (Wildman–Crippen LogP) is 4.71. The Balaban J connectivity index is 1.69. The first-order valence-corrected chi connectivity index (χ1v) is 8.44. The van der Waals surface area contributed by atoms with Gasteiger partial charge in [0.2, 0.25) is 0 Å². The van der Waals surface area contributed by atoms with Gasteiger partial charge in [-0.3, -0.25) is 0 Å². The maximum atomic E-state index is 5.90. The summed E-state index contributed by atoms with van der Waals surface area (Å²) in [7, 11) is 1.70. The van der Waals surface area contributed by atoms with Gasteiger partial charge in [0.1, 0.15) is 5.75 Å². The van der Waals surface area contributed by atoms with Crippen molar-refractivity contribution in [3.8, 4) is 5.75 Å². The Bertz CT molecular complexity index is 703. The van der Waals surface area contributed by atoms with E-state index in [0.29, 0.717) is 10.1 Å². The lowest BCUT2D eigenvalue weighted by Gasteiger charge is -2.28. The number of benzene rings is 2. The molecular formula is C18H19ClN2OS. The summed E-state index contributed by atoms with van der Waals surface area (Å²) in [5, 5.41) is 7.97. The number of rotatable bonds is 3. The molecular weight excluding hydrogens is 328 g/mol. The summed E-state index contributed by atoms with van der Waals surface area (Å²) in [4.78, 5) is 0. The quantitative estimate of drug-likeness (QED) is 0.788. The second-order valence-corrected chi connectivity index (χ2v) is 6.46. The van der Waals surface area contributed by atoms with Crippen LogP contribution in [0.15, 0.2) is 42.5 Å². The Labute approximate surface area is 147 Å². The fraction of sp³-hybridized carbons (Fsp3) is 0.278. The molecule has 2 aromatic carbocycles. The Morgan fingerprint density at radius 1 is 1.22 bits per heavy atom. The van der Waals surface area contributed by atoms with Crippen LogP contribution in [0.25, 0.3) is 0 Å². The normalized spacial score (nSPS) is 16.3. The summed E-state index contributed by atoms with van der Waals surface area (Å²) in [6.45, 7) is 0. The monoisotopic (exact) mass is 346 g/mol. The highest BCUT2D eigenvalue weighted by Crippen LogP contribution is 2.32. The van der Waals surface area contributed by atoms with Gasteiger partial charge in [0.25, 0.3) is 0 Å². The van der Waals surface area contributed by atoms with Gasteiger partial charge >= 0.3 is 0 Å². The number of ether oxygens (including phenoxy) is 1. The molecule has 3 rings (SSSR count). The second kappa shape index (κ2) is 7.20. The number of fused-ring (bicyclic) bond motifs is 1. The van der Waals surface area contributed by atoms with Crippen molar-refractivity contribution in [3.63, 3.8) is 0 Å². The molecule has 1 atom stereocenters. The lowest BCUT2D eigenvalue weighted by atomic mass is 9.87. The van der Waals surface area contributed by atoms with Gasteiger partial charge in [0, 0.05) is 10.7 Å². The van der Waals surface area contributed by atoms with Crippen molar-refractivity contribution in [2.45, 2.75) is 25.3 Å². The standard InChI is InChI=1S/C18H19ClN2OS/c1-22-15-9-10-16-12(11-15)3-2-4-17(16)21-18(23)20-14-7-5-13(19)6-8-14/h5-11,17H,2-4H2,1H3,(H2,20,21,23). The van der Waals surface area contributed by atoms with Gasteiger partial charge in [-0.1, -0.05) is 17.7 Å². The van der Waals surface area contributed by atoms with E-state index >= 15 is 0 Å². The van der Waals surface area contributed by atoms with Crippen LogP contribution in [-0.2, 0) is 6.42 Å². The Kier molecular flexibility index (Phi) is 5.03. The Morgan fingerprint density at radius 2 is 2.00 bits per heavy atom. The average Bonchev–Trinajstić information content (AvgIpc) is 2.56. The number of hydrogen-bond acceptors (Lipinski definition) is 2. The Morgan fingerprint density at radius 3 is 2.74 bits per heavy atom. The molecule has 5 heteroatoms. The summed E-state index contributed by atoms with van der Waals surface area (Å²) in [5.74, 6) is 0.909. The molecule has 0 heterocycles. The molecule has 0 fully saturated rings. The molecule has 1 unspecified atom stereocenters. The van der Waals surface area contributed by atoms with Crippen LogP contribution in [0.5, 0.6) is 5.75 Å². The SMILES string of the molecule is COc1ccc2c(c1)CCCC2NC(=S)Nc1ccc(Cl)cc1. The van der Waals surface area contributed by atoms with E-state index in [0.717, 1.165) is 30.7 Å². The maximum absolute atomic E-state index is 5.90. The van der Waals surface area contributed by atoms with Crippen molar-refractivity contribution >= 4 is 34.6 Å². The van der Waals surface area contributed by atoms with Gasteiger partial charge in [-0.15, -0.1) is 0 Å². The van der Waals surface area contributed by atoms with Gasteiger partial charge in [0.15, 0.2) is 5.11 Å². The zero-order chi connectivity index (χ0) is 16.2. The number of halogens is 1. The zero-order valence-corrected chi connectivity index (χ0v) is 14.5. The van der Waals surface area contributed by atoms with E-state index in [9.17, 15) is 0 Å². The summed E-state index contributed by atoms with van der Waals surface area (Å²) >= 11 is 11.3. The fourth-order valence-corrected chi connectivity index (χ4v) is 3.31. The third-order valence-corrected chi connectivity index (χ3v) is 4.54. The van der Waals surface area contributed by atoms with Crippen LogP contribution in [0.1, 0.15) is 30.0 Å². The van der Waals surface area contributed by atoms with E-state index in [-0.39, 0.29) is 6.04 Å². The first-order chi connectivity index (χ1) is 11.2. The van der Waals surface area contributed by atoms with Crippen LogP contribution in [0.4, 0.5) is 5.69 Å². The molecule has 0 bridgehead atoms. The van der Waals surface area contributed by atoms with E-state index in [1.165, 1.54) is 11.1 Å². The number of methoxy groups -OCH3 is 1. The molecule has 0 saturated heterocycles. The summed E-state index contributed by atoms with van der Waals surface area (Å²) < 4.78 is 5.32. The van der Waals surface area contributed by atoms with Crippen LogP contribution >= 0.6 is 23.8 Å². The molecule has 120 valence electrons. The number of nitrogens with one attached hydrogen (secondary N) is 2. The van der Waals surface area contributed by atoms with Crippen molar-refractivity contribution in [2.75, 3.05) is 12.4 Å². The van der Waals surface area contributed by atoms with Gasteiger partial charge < -0.3 is 15.4 Å². The average molecular weight is 347 g/mol. The minimum Gasteiger partial charge on any atom is -0.497 e. The van der Waals surface area contributed by atoms with Crippen molar-refractivity contribution in [1.29, 1.82) is 0 Å². The molecule has 1 aliphatic carbocycles. The molecule has 0 aliphatic heterocycles.